The molecule has 1 heterocycles. The SMILES string of the molecule is CCNCc1ccc(-c2c(C)nn(C)c2C)cc1F. The van der Waals surface area contributed by atoms with Crippen molar-refractivity contribution in [2.45, 2.75) is 27.3 Å². The molecule has 0 atom stereocenters. The van der Waals surface area contributed by atoms with E-state index in [0.717, 1.165) is 29.1 Å². The predicted octanol–water partition coefficient (Wildman–Crippen LogP) is 2.95. The van der Waals surface area contributed by atoms with E-state index in [0.29, 0.717) is 12.1 Å². The number of aryl methyl sites for hydroxylation is 2. The van der Waals surface area contributed by atoms with Gasteiger partial charge in [0.25, 0.3) is 0 Å². The fourth-order valence-electron chi connectivity index (χ4n) is 2.30. The third-order valence-electron chi connectivity index (χ3n) is 3.42. The molecule has 0 saturated heterocycles. The largest absolute Gasteiger partial charge is 0.313 e. The molecule has 4 heteroatoms. The lowest BCUT2D eigenvalue weighted by Crippen LogP contribution is -2.12. The average Bonchev–Trinajstić information content (AvgIpc) is 2.62. The zero-order valence-corrected chi connectivity index (χ0v) is 11.9. The van der Waals surface area contributed by atoms with Crippen molar-refractivity contribution in [1.29, 1.82) is 0 Å². The van der Waals surface area contributed by atoms with Crippen LogP contribution in [-0.2, 0) is 13.6 Å². The Hall–Kier alpha value is -1.68. The fourth-order valence-corrected chi connectivity index (χ4v) is 2.30. The van der Waals surface area contributed by atoms with Gasteiger partial charge in [-0.05, 0) is 32.0 Å². The van der Waals surface area contributed by atoms with Gasteiger partial charge in [-0.2, -0.15) is 5.10 Å². The lowest BCUT2D eigenvalue weighted by atomic mass is 10.0. The van der Waals surface area contributed by atoms with Gasteiger partial charge in [-0.25, -0.2) is 4.39 Å². The summed E-state index contributed by atoms with van der Waals surface area (Å²) in [7, 11) is 1.90. The van der Waals surface area contributed by atoms with E-state index in [4.69, 9.17) is 0 Å². The molecule has 0 radical (unpaired) electrons. The van der Waals surface area contributed by atoms with Crippen molar-refractivity contribution in [3.63, 3.8) is 0 Å². The highest BCUT2D eigenvalue weighted by atomic mass is 19.1. The lowest BCUT2D eigenvalue weighted by Gasteiger charge is -2.07. The molecule has 0 saturated carbocycles. The molecule has 0 bridgehead atoms. The Morgan fingerprint density at radius 2 is 2.05 bits per heavy atom. The Bertz CT molecular complexity index is 587. The van der Waals surface area contributed by atoms with Crippen LogP contribution in [-0.4, -0.2) is 16.3 Å². The number of benzene rings is 1. The number of halogens is 1. The van der Waals surface area contributed by atoms with Crippen LogP contribution >= 0.6 is 0 Å². The van der Waals surface area contributed by atoms with Gasteiger partial charge in [0.1, 0.15) is 5.82 Å². The summed E-state index contributed by atoms with van der Waals surface area (Å²) < 4.78 is 15.9. The van der Waals surface area contributed by atoms with Gasteiger partial charge in [-0.3, -0.25) is 4.68 Å². The number of nitrogens with zero attached hydrogens (tertiary/aromatic N) is 2. The molecular weight excluding hydrogens is 241 g/mol. The molecule has 2 aromatic rings. The second kappa shape index (κ2) is 5.53. The first kappa shape index (κ1) is 13.7. The molecule has 0 amide bonds. The second-order valence-corrected chi connectivity index (χ2v) is 4.76. The number of nitrogens with one attached hydrogen (secondary N) is 1. The third-order valence-corrected chi connectivity index (χ3v) is 3.42. The van der Waals surface area contributed by atoms with E-state index in [1.165, 1.54) is 0 Å². The quantitative estimate of drug-likeness (QED) is 0.917. The molecule has 1 N–H and O–H groups in total. The second-order valence-electron chi connectivity index (χ2n) is 4.76. The molecule has 0 aliphatic heterocycles. The van der Waals surface area contributed by atoms with Gasteiger partial charge in [-0.1, -0.05) is 19.1 Å². The molecule has 0 aliphatic rings. The van der Waals surface area contributed by atoms with Crippen LogP contribution in [0.5, 0.6) is 0 Å². The Morgan fingerprint density at radius 1 is 1.32 bits per heavy atom. The molecule has 1 aromatic heterocycles. The van der Waals surface area contributed by atoms with Crippen LogP contribution in [0.25, 0.3) is 11.1 Å². The van der Waals surface area contributed by atoms with Gasteiger partial charge >= 0.3 is 0 Å². The maximum absolute atomic E-state index is 14.1. The van der Waals surface area contributed by atoms with Gasteiger partial charge in [0.05, 0.1) is 5.69 Å². The topological polar surface area (TPSA) is 29.9 Å². The Balaban J connectivity index is 2.39. The summed E-state index contributed by atoms with van der Waals surface area (Å²) in [6.45, 7) is 7.36. The summed E-state index contributed by atoms with van der Waals surface area (Å²) in [5, 5.41) is 7.51. The number of aromatic nitrogens is 2. The lowest BCUT2D eigenvalue weighted by molar-refractivity contribution is 0.594. The van der Waals surface area contributed by atoms with Crippen LogP contribution in [0.2, 0.25) is 0 Å². The standard InChI is InChI=1S/C15H20FN3/c1-5-17-9-13-7-6-12(8-14(13)16)15-10(2)18-19(4)11(15)3/h6-8,17H,5,9H2,1-4H3. The Kier molecular flexibility index (Phi) is 4.00. The summed E-state index contributed by atoms with van der Waals surface area (Å²) in [6.07, 6.45) is 0. The van der Waals surface area contributed by atoms with Gasteiger partial charge in [-0.15, -0.1) is 0 Å². The molecule has 1 aromatic carbocycles. The zero-order chi connectivity index (χ0) is 14.0. The van der Waals surface area contributed by atoms with E-state index in [9.17, 15) is 4.39 Å². The number of rotatable bonds is 4. The van der Waals surface area contributed by atoms with Crippen molar-refractivity contribution >= 4 is 0 Å². The first-order chi connectivity index (χ1) is 9.04. The van der Waals surface area contributed by atoms with E-state index < -0.39 is 0 Å². The molecule has 2 rings (SSSR count). The number of hydrogen-bond acceptors (Lipinski definition) is 2. The minimum Gasteiger partial charge on any atom is -0.313 e. The van der Waals surface area contributed by atoms with Crippen LogP contribution in [0.15, 0.2) is 18.2 Å². The zero-order valence-electron chi connectivity index (χ0n) is 11.9. The third kappa shape index (κ3) is 2.68. The van der Waals surface area contributed by atoms with Crippen molar-refractivity contribution < 1.29 is 4.39 Å². The van der Waals surface area contributed by atoms with E-state index in [1.807, 2.05) is 44.6 Å². The van der Waals surface area contributed by atoms with Gasteiger partial charge in [0.15, 0.2) is 0 Å². The molecule has 0 fully saturated rings. The van der Waals surface area contributed by atoms with Crippen molar-refractivity contribution in [2.75, 3.05) is 6.54 Å². The van der Waals surface area contributed by atoms with Gasteiger partial charge in [0, 0.05) is 30.4 Å². The highest BCUT2D eigenvalue weighted by Gasteiger charge is 2.13. The first-order valence-electron chi connectivity index (χ1n) is 6.54. The summed E-state index contributed by atoms with van der Waals surface area (Å²) in [5.74, 6) is -0.166. The Morgan fingerprint density at radius 3 is 2.58 bits per heavy atom. The monoisotopic (exact) mass is 261 g/mol. The fraction of sp³-hybridized carbons (Fsp3) is 0.400. The van der Waals surface area contributed by atoms with Crippen molar-refractivity contribution in [2.24, 2.45) is 7.05 Å². The van der Waals surface area contributed by atoms with Gasteiger partial charge < -0.3 is 5.32 Å². The van der Waals surface area contributed by atoms with Crippen LogP contribution in [0.1, 0.15) is 23.9 Å². The average molecular weight is 261 g/mol. The van der Waals surface area contributed by atoms with E-state index in [-0.39, 0.29) is 5.82 Å². The normalized spacial score (nSPS) is 11.0. The molecule has 19 heavy (non-hydrogen) atoms. The first-order valence-corrected chi connectivity index (χ1v) is 6.54. The van der Waals surface area contributed by atoms with E-state index in [2.05, 4.69) is 10.4 Å². The van der Waals surface area contributed by atoms with Crippen LogP contribution < -0.4 is 5.32 Å². The molecule has 102 valence electrons. The van der Waals surface area contributed by atoms with E-state index in [1.54, 1.807) is 6.07 Å². The van der Waals surface area contributed by atoms with Crippen LogP contribution in [0.4, 0.5) is 4.39 Å². The highest BCUT2D eigenvalue weighted by Crippen LogP contribution is 2.27. The molecule has 0 aliphatic carbocycles. The highest BCUT2D eigenvalue weighted by molar-refractivity contribution is 5.68. The number of hydrogen-bond donors (Lipinski definition) is 1. The molecule has 3 nitrogen and oxygen atoms in total. The maximum atomic E-state index is 14.1. The molecule has 0 unspecified atom stereocenters. The molecule has 0 spiro atoms. The molecular formula is C15H20FN3. The van der Waals surface area contributed by atoms with Crippen molar-refractivity contribution in [3.8, 4) is 11.1 Å². The summed E-state index contributed by atoms with van der Waals surface area (Å²) in [4.78, 5) is 0. The van der Waals surface area contributed by atoms with Crippen LogP contribution in [0, 0.1) is 19.7 Å². The smallest absolute Gasteiger partial charge is 0.128 e. The maximum Gasteiger partial charge on any atom is 0.128 e. The van der Waals surface area contributed by atoms with Crippen molar-refractivity contribution in [3.05, 3.63) is 41.0 Å². The predicted molar refractivity (Wildman–Crippen MR) is 75.5 cm³/mol. The van der Waals surface area contributed by atoms with Crippen LogP contribution in [0.3, 0.4) is 0 Å². The summed E-state index contributed by atoms with van der Waals surface area (Å²) in [6, 6.07) is 5.41. The summed E-state index contributed by atoms with van der Waals surface area (Å²) in [5.41, 5.74) is 4.59. The van der Waals surface area contributed by atoms with E-state index >= 15 is 0 Å². The van der Waals surface area contributed by atoms with Gasteiger partial charge in [0.2, 0.25) is 0 Å². The summed E-state index contributed by atoms with van der Waals surface area (Å²) >= 11 is 0. The minimum atomic E-state index is -0.166. The minimum absolute atomic E-state index is 0.166. The van der Waals surface area contributed by atoms with Crippen molar-refractivity contribution in [1.82, 2.24) is 15.1 Å². The Labute approximate surface area is 113 Å².